The molecule has 2 nitrogen and oxygen atoms in total. The van der Waals surface area contributed by atoms with Crippen LogP contribution in [0.1, 0.15) is 0 Å². The predicted octanol–water partition coefficient (Wildman–Crippen LogP) is 0.502. The van der Waals surface area contributed by atoms with Crippen LogP contribution in [0.5, 0.6) is 0 Å². The first-order chi connectivity index (χ1) is 3.93. The van der Waals surface area contributed by atoms with Crippen LogP contribution in [0.2, 0.25) is 0 Å². The zero-order chi connectivity index (χ0) is 5.82. The zero-order valence-corrected chi connectivity index (χ0v) is 5.11. The van der Waals surface area contributed by atoms with Crippen LogP contribution in [0.3, 0.4) is 0 Å². The summed E-state index contributed by atoms with van der Waals surface area (Å²) in [5, 5.41) is 4.41. The van der Waals surface area contributed by atoms with Crippen molar-refractivity contribution in [2.45, 2.75) is 0 Å². The molecule has 0 amide bonds. The average molecular weight is 126 g/mol. The number of nitrogens with zero attached hydrogens (tertiary/aromatic N) is 1. The van der Waals surface area contributed by atoms with E-state index in [-0.39, 0.29) is 0 Å². The van der Waals surface area contributed by atoms with Crippen LogP contribution in [0.15, 0.2) is 17.3 Å². The molecular formula is C5H6N2S. The van der Waals surface area contributed by atoms with Gasteiger partial charge in [0.15, 0.2) is 0 Å². The summed E-state index contributed by atoms with van der Waals surface area (Å²) in [7, 11) is 0. The van der Waals surface area contributed by atoms with E-state index < -0.39 is 0 Å². The van der Waals surface area contributed by atoms with Gasteiger partial charge in [0.2, 0.25) is 0 Å². The molecule has 8 heavy (non-hydrogen) atoms. The topological polar surface area (TPSA) is 24.4 Å². The minimum absolute atomic E-state index is 0.746. The molecule has 0 bridgehead atoms. The SMILES string of the molecule is S=CC1=NCC=CN1. The van der Waals surface area contributed by atoms with Gasteiger partial charge in [-0.1, -0.05) is 12.2 Å². The Labute approximate surface area is 53.3 Å². The molecule has 1 aliphatic heterocycles. The molecule has 0 unspecified atom stereocenters. The molecule has 0 saturated carbocycles. The number of amidine groups is 1. The fourth-order valence-electron chi connectivity index (χ4n) is 0.465. The summed E-state index contributed by atoms with van der Waals surface area (Å²) in [5.74, 6) is 0.780. The van der Waals surface area contributed by atoms with E-state index in [1.807, 2.05) is 12.3 Å². The third-order valence-corrected chi connectivity index (χ3v) is 1.05. The highest BCUT2D eigenvalue weighted by atomic mass is 32.1. The van der Waals surface area contributed by atoms with Crippen molar-refractivity contribution in [2.75, 3.05) is 6.54 Å². The van der Waals surface area contributed by atoms with Crippen molar-refractivity contribution in [2.24, 2.45) is 4.99 Å². The van der Waals surface area contributed by atoms with Crippen LogP contribution in [0, 0.1) is 0 Å². The van der Waals surface area contributed by atoms with Crippen LogP contribution in [0.4, 0.5) is 0 Å². The van der Waals surface area contributed by atoms with Gasteiger partial charge in [-0.05, 0) is 6.08 Å². The van der Waals surface area contributed by atoms with E-state index >= 15 is 0 Å². The first-order valence-electron chi connectivity index (χ1n) is 2.34. The molecular weight excluding hydrogens is 120 g/mol. The van der Waals surface area contributed by atoms with Gasteiger partial charge in [-0.15, -0.1) is 0 Å². The molecule has 1 N–H and O–H groups in total. The van der Waals surface area contributed by atoms with E-state index in [2.05, 4.69) is 22.5 Å². The van der Waals surface area contributed by atoms with Crippen molar-refractivity contribution >= 4 is 23.4 Å². The maximum absolute atomic E-state index is 4.62. The third kappa shape index (κ3) is 1.13. The van der Waals surface area contributed by atoms with E-state index in [4.69, 9.17) is 0 Å². The number of thiocarbonyl (C=S) groups is 1. The molecule has 42 valence electrons. The lowest BCUT2D eigenvalue weighted by atomic mass is 10.5. The summed E-state index contributed by atoms with van der Waals surface area (Å²) in [4.78, 5) is 4.01. The minimum Gasteiger partial charge on any atom is -0.347 e. The lowest BCUT2D eigenvalue weighted by molar-refractivity contribution is 1.12. The van der Waals surface area contributed by atoms with Gasteiger partial charge in [0, 0.05) is 11.6 Å². The van der Waals surface area contributed by atoms with Crippen molar-refractivity contribution in [1.29, 1.82) is 0 Å². The number of hydrogen-bond acceptors (Lipinski definition) is 3. The molecule has 0 aromatic heterocycles. The second-order valence-corrected chi connectivity index (χ2v) is 1.63. The largest absolute Gasteiger partial charge is 0.347 e. The minimum atomic E-state index is 0.746. The van der Waals surface area contributed by atoms with Gasteiger partial charge in [-0.3, -0.25) is 4.99 Å². The molecule has 0 spiro atoms. The third-order valence-electron chi connectivity index (χ3n) is 0.828. The smallest absolute Gasteiger partial charge is 0.136 e. The van der Waals surface area contributed by atoms with Crippen LogP contribution in [-0.2, 0) is 0 Å². The molecule has 0 aromatic carbocycles. The normalized spacial score (nSPS) is 16.8. The first kappa shape index (κ1) is 5.44. The summed E-state index contributed by atoms with van der Waals surface area (Å²) < 4.78 is 0. The van der Waals surface area contributed by atoms with Gasteiger partial charge >= 0.3 is 0 Å². The Bertz CT molecular complexity index is 149. The Morgan fingerprint density at radius 3 is 3.12 bits per heavy atom. The Balaban J connectivity index is 2.55. The average Bonchev–Trinajstić information content (AvgIpc) is 1.90. The summed E-state index contributed by atoms with van der Waals surface area (Å²) in [6, 6.07) is 0. The van der Waals surface area contributed by atoms with Crippen molar-refractivity contribution in [1.82, 2.24) is 5.32 Å². The lowest BCUT2D eigenvalue weighted by Crippen LogP contribution is -2.20. The van der Waals surface area contributed by atoms with Crippen LogP contribution in [0.25, 0.3) is 0 Å². The molecule has 0 aliphatic carbocycles. The van der Waals surface area contributed by atoms with Crippen LogP contribution >= 0.6 is 12.2 Å². The molecule has 1 aliphatic rings. The monoisotopic (exact) mass is 126 g/mol. The van der Waals surface area contributed by atoms with Crippen molar-refractivity contribution in [3.8, 4) is 0 Å². The number of aliphatic imine (C=N–C) groups is 1. The number of rotatable bonds is 1. The van der Waals surface area contributed by atoms with E-state index in [0.29, 0.717) is 0 Å². The van der Waals surface area contributed by atoms with Gasteiger partial charge < -0.3 is 5.32 Å². The van der Waals surface area contributed by atoms with Crippen molar-refractivity contribution in [3.05, 3.63) is 12.3 Å². The van der Waals surface area contributed by atoms with Gasteiger partial charge in [0.05, 0.1) is 6.54 Å². The lowest BCUT2D eigenvalue weighted by Gasteiger charge is -2.01. The van der Waals surface area contributed by atoms with Crippen LogP contribution < -0.4 is 5.32 Å². The molecule has 1 heterocycles. The molecule has 0 saturated heterocycles. The standard InChI is InChI=1S/C5H6N2S/c8-4-5-6-2-1-3-7-5/h1-2,4H,3H2,(H,6,7). The van der Waals surface area contributed by atoms with Gasteiger partial charge in [-0.25, -0.2) is 0 Å². The van der Waals surface area contributed by atoms with Crippen LogP contribution in [-0.4, -0.2) is 17.7 Å². The fourth-order valence-corrected chi connectivity index (χ4v) is 0.608. The highest BCUT2D eigenvalue weighted by Crippen LogP contribution is 1.82. The molecule has 0 radical (unpaired) electrons. The van der Waals surface area contributed by atoms with E-state index in [1.54, 1.807) is 0 Å². The molecule has 1 rings (SSSR count). The van der Waals surface area contributed by atoms with E-state index in [9.17, 15) is 0 Å². The van der Waals surface area contributed by atoms with Crippen molar-refractivity contribution < 1.29 is 0 Å². The number of nitrogens with one attached hydrogen (secondary N) is 1. The fraction of sp³-hybridized carbons (Fsp3) is 0.200. The summed E-state index contributed by atoms with van der Waals surface area (Å²) in [5.41, 5.74) is 0. The van der Waals surface area contributed by atoms with Gasteiger partial charge in [0.25, 0.3) is 0 Å². The zero-order valence-electron chi connectivity index (χ0n) is 4.29. The number of hydrogen-bond donors (Lipinski definition) is 1. The molecule has 0 atom stereocenters. The van der Waals surface area contributed by atoms with Crippen molar-refractivity contribution in [3.63, 3.8) is 0 Å². The Hall–Kier alpha value is -0.700. The van der Waals surface area contributed by atoms with Gasteiger partial charge in [-0.2, -0.15) is 0 Å². The predicted molar refractivity (Wildman–Crippen MR) is 38.2 cm³/mol. The second kappa shape index (κ2) is 2.57. The maximum atomic E-state index is 4.62. The Morgan fingerprint density at radius 2 is 2.75 bits per heavy atom. The van der Waals surface area contributed by atoms with E-state index in [0.717, 1.165) is 12.4 Å². The first-order valence-corrected chi connectivity index (χ1v) is 2.82. The highest BCUT2D eigenvalue weighted by Gasteiger charge is 1.90. The summed E-state index contributed by atoms with van der Waals surface area (Å²) in [6.07, 6.45) is 3.77. The molecule has 0 aromatic rings. The maximum Gasteiger partial charge on any atom is 0.136 e. The Morgan fingerprint density at radius 1 is 1.88 bits per heavy atom. The van der Waals surface area contributed by atoms with E-state index in [1.165, 1.54) is 5.37 Å². The molecule has 3 heteroatoms. The second-order valence-electron chi connectivity index (χ2n) is 1.39. The molecule has 0 fully saturated rings. The summed E-state index contributed by atoms with van der Waals surface area (Å²) >= 11 is 4.62. The van der Waals surface area contributed by atoms with Gasteiger partial charge in [0.1, 0.15) is 5.84 Å². The quantitative estimate of drug-likeness (QED) is 0.517. The Kier molecular flexibility index (Phi) is 1.75. The summed E-state index contributed by atoms with van der Waals surface area (Å²) in [6.45, 7) is 0.746. The highest BCUT2D eigenvalue weighted by molar-refractivity contribution is 7.80.